The van der Waals surface area contributed by atoms with E-state index in [2.05, 4.69) is 10.1 Å². The maximum Gasteiger partial charge on any atom is 0.231 e. The standard InChI is InChI=1S/C15H19N3O3S/c1-11-5-3-6-12(9-11)14-16-15(21-17-14)13-7-4-8-18(10-13)22(2,19)20/h3,5-6,9,13H,4,7-8,10H2,1-2H3/t13-/m0/s1. The van der Waals surface area contributed by atoms with Crippen LogP contribution in [-0.2, 0) is 10.0 Å². The van der Waals surface area contributed by atoms with Crippen LogP contribution < -0.4 is 0 Å². The molecule has 1 aromatic heterocycles. The van der Waals surface area contributed by atoms with Crippen LogP contribution in [0.15, 0.2) is 28.8 Å². The maximum absolute atomic E-state index is 11.7. The number of sulfonamides is 1. The van der Waals surface area contributed by atoms with Gasteiger partial charge in [-0.2, -0.15) is 4.98 Å². The molecule has 0 amide bonds. The molecule has 2 heterocycles. The van der Waals surface area contributed by atoms with Crippen LogP contribution in [0.5, 0.6) is 0 Å². The molecule has 1 aromatic carbocycles. The molecule has 0 N–H and O–H groups in total. The Hall–Kier alpha value is -1.73. The third-order valence-electron chi connectivity index (χ3n) is 3.92. The van der Waals surface area contributed by atoms with Crippen LogP contribution in [0, 0.1) is 6.92 Å². The molecular weight excluding hydrogens is 302 g/mol. The number of piperidine rings is 1. The average Bonchev–Trinajstić information content (AvgIpc) is 2.96. The highest BCUT2D eigenvalue weighted by Gasteiger charge is 2.30. The summed E-state index contributed by atoms with van der Waals surface area (Å²) < 4.78 is 30.2. The van der Waals surface area contributed by atoms with Crippen LogP contribution in [-0.4, -0.2) is 42.2 Å². The van der Waals surface area contributed by atoms with Gasteiger partial charge in [-0.15, -0.1) is 0 Å². The van der Waals surface area contributed by atoms with E-state index in [1.54, 1.807) is 0 Å². The molecular formula is C15H19N3O3S. The predicted octanol–water partition coefficient (Wildman–Crippen LogP) is 2.18. The summed E-state index contributed by atoms with van der Waals surface area (Å²) in [6.07, 6.45) is 2.91. The van der Waals surface area contributed by atoms with E-state index in [0.717, 1.165) is 24.0 Å². The van der Waals surface area contributed by atoms with Crippen LogP contribution in [0.1, 0.15) is 30.2 Å². The Morgan fingerprint density at radius 1 is 1.36 bits per heavy atom. The lowest BCUT2D eigenvalue weighted by molar-refractivity contribution is 0.266. The van der Waals surface area contributed by atoms with Gasteiger partial charge in [-0.25, -0.2) is 12.7 Å². The summed E-state index contributed by atoms with van der Waals surface area (Å²) >= 11 is 0. The highest BCUT2D eigenvalue weighted by atomic mass is 32.2. The molecule has 1 atom stereocenters. The minimum Gasteiger partial charge on any atom is -0.339 e. The monoisotopic (exact) mass is 321 g/mol. The zero-order valence-corrected chi connectivity index (χ0v) is 13.5. The highest BCUT2D eigenvalue weighted by Crippen LogP contribution is 2.28. The third-order valence-corrected chi connectivity index (χ3v) is 5.19. The molecule has 0 radical (unpaired) electrons. The number of rotatable bonds is 3. The molecule has 0 bridgehead atoms. The Bertz CT molecular complexity index is 770. The number of hydrogen-bond donors (Lipinski definition) is 0. The summed E-state index contributed by atoms with van der Waals surface area (Å²) in [6, 6.07) is 7.89. The second kappa shape index (κ2) is 5.81. The van der Waals surface area contributed by atoms with Crippen molar-refractivity contribution in [1.82, 2.24) is 14.4 Å². The SMILES string of the molecule is Cc1cccc(-c2noc([C@H]3CCCN(S(C)(=O)=O)C3)n2)c1. The first-order chi connectivity index (χ1) is 10.4. The first-order valence-corrected chi connectivity index (χ1v) is 9.14. The Balaban J connectivity index is 1.82. The molecule has 0 saturated carbocycles. The van der Waals surface area contributed by atoms with Gasteiger partial charge in [0.25, 0.3) is 0 Å². The fraction of sp³-hybridized carbons (Fsp3) is 0.467. The highest BCUT2D eigenvalue weighted by molar-refractivity contribution is 7.88. The van der Waals surface area contributed by atoms with Crippen molar-refractivity contribution in [3.05, 3.63) is 35.7 Å². The maximum atomic E-state index is 11.7. The molecule has 118 valence electrons. The van der Waals surface area contributed by atoms with E-state index in [9.17, 15) is 8.42 Å². The van der Waals surface area contributed by atoms with E-state index in [1.807, 2.05) is 31.2 Å². The zero-order valence-electron chi connectivity index (χ0n) is 12.7. The largest absolute Gasteiger partial charge is 0.339 e. The fourth-order valence-electron chi connectivity index (χ4n) is 2.75. The number of hydrogen-bond acceptors (Lipinski definition) is 5. The molecule has 1 aliphatic rings. The van der Waals surface area contributed by atoms with E-state index in [0.29, 0.717) is 24.8 Å². The van der Waals surface area contributed by atoms with Crippen molar-refractivity contribution in [2.45, 2.75) is 25.7 Å². The second-order valence-corrected chi connectivity index (χ2v) is 7.77. The Labute approximate surface area is 130 Å². The topological polar surface area (TPSA) is 76.3 Å². The van der Waals surface area contributed by atoms with Gasteiger partial charge in [0, 0.05) is 18.7 Å². The fourth-order valence-corrected chi connectivity index (χ4v) is 3.66. The smallest absolute Gasteiger partial charge is 0.231 e. The van der Waals surface area contributed by atoms with Gasteiger partial charge < -0.3 is 4.52 Å². The van der Waals surface area contributed by atoms with Crippen LogP contribution in [0.4, 0.5) is 0 Å². The molecule has 3 rings (SSSR count). The Morgan fingerprint density at radius 2 is 2.18 bits per heavy atom. The van der Waals surface area contributed by atoms with Crippen molar-refractivity contribution in [2.24, 2.45) is 0 Å². The van der Waals surface area contributed by atoms with Gasteiger partial charge in [-0.05, 0) is 25.8 Å². The lowest BCUT2D eigenvalue weighted by Gasteiger charge is -2.28. The van der Waals surface area contributed by atoms with Crippen molar-refractivity contribution >= 4 is 10.0 Å². The van der Waals surface area contributed by atoms with Gasteiger partial charge >= 0.3 is 0 Å². The lowest BCUT2D eigenvalue weighted by Crippen LogP contribution is -2.38. The molecule has 1 aliphatic heterocycles. The van der Waals surface area contributed by atoms with Gasteiger partial charge in [0.1, 0.15) is 0 Å². The van der Waals surface area contributed by atoms with Crippen molar-refractivity contribution < 1.29 is 12.9 Å². The van der Waals surface area contributed by atoms with Crippen LogP contribution >= 0.6 is 0 Å². The normalized spacial score (nSPS) is 20.2. The van der Waals surface area contributed by atoms with Gasteiger partial charge in [-0.1, -0.05) is 28.9 Å². The van der Waals surface area contributed by atoms with Crippen molar-refractivity contribution in [2.75, 3.05) is 19.3 Å². The summed E-state index contributed by atoms with van der Waals surface area (Å²) in [5.41, 5.74) is 2.04. The van der Waals surface area contributed by atoms with Gasteiger partial charge in [0.2, 0.25) is 21.7 Å². The zero-order chi connectivity index (χ0) is 15.7. The summed E-state index contributed by atoms with van der Waals surface area (Å²) in [7, 11) is -3.17. The average molecular weight is 321 g/mol. The van der Waals surface area contributed by atoms with Crippen molar-refractivity contribution in [3.63, 3.8) is 0 Å². The minimum absolute atomic E-state index is 0.0328. The quantitative estimate of drug-likeness (QED) is 0.866. The molecule has 1 fully saturated rings. The predicted molar refractivity (Wildman–Crippen MR) is 82.9 cm³/mol. The summed E-state index contributed by atoms with van der Waals surface area (Å²) in [5.74, 6) is 1.04. The van der Waals surface area contributed by atoms with E-state index in [1.165, 1.54) is 10.6 Å². The summed E-state index contributed by atoms with van der Waals surface area (Å²) in [5, 5.41) is 4.04. The van der Waals surface area contributed by atoms with E-state index in [4.69, 9.17) is 4.52 Å². The van der Waals surface area contributed by atoms with Crippen LogP contribution in [0.2, 0.25) is 0 Å². The molecule has 0 unspecified atom stereocenters. The Morgan fingerprint density at radius 3 is 2.91 bits per heavy atom. The number of aryl methyl sites for hydroxylation is 1. The van der Waals surface area contributed by atoms with E-state index in [-0.39, 0.29) is 5.92 Å². The molecule has 22 heavy (non-hydrogen) atoms. The molecule has 6 nitrogen and oxygen atoms in total. The molecule has 0 aliphatic carbocycles. The van der Waals surface area contributed by atoms with Gasteiger partial charge in [-0.3, -0.25) is 0 Å². The first-order valence-electron chi connectivity index (χ1n) is 7.29. The minimum atomic E-state index is -3.17. The lowest BCUT2D eigenvalue weighted by atomic mass is 10.00. The number of benzene rings is 1. The van der Waals surface area contributed by atoms with Crippen molar-refractivity contribution in [3.8, 4) is 11.4 Å². The molecule has 1 saturated heterocycles. The molecule has 2 aromatic rings. The van der Waals surface area contributed by atoms with Crippen molar-refractivity contribution in [1.29, 1.82) is 0 Å². The second-order valence-electron chi connectivity index (χ2n) is 5.79. The van der Waals surface area contributed by atoms with Gasteiger partial charge in [0.05, 0.1) is 12.2 Å². The number of nitrogens with zero attached hydrogens (tertiary/aromatic N) is 3. The molecule has 0 spiro atoms. The van der Waals surface area contributed by atoms with E-state index < -0.39 is 10.0 Å². The van der Waals surface area contributed by atoms with E-state index >= 15 is 0 Å². The van der Waals surface area contributed by atoms with Crippen LogP contribution in [0.25, 0.3) is 11.4 Å². The first kappa shape index (κ1) is 15.2. The third kappa shape index (κ3) is 3.20. The number of aromatic nitrogens is 2. The summed E-state index contributed by atoms with van der Waals surface area (Å²) in [4.78, 5) is 4.46. The van der Waals surface area contributed by atoms with Crippen LogP contribution in [0.3, 0.4) is 0 Å². The summed E-state index contributed by atoms with van der Waals surface area (Å²) in [6.45, 7) is 2.98. The van der Waals surface area contributed by atoms with Gasteiger partial charge in [0.15, 0.2) is 0 Å². The molecule has 7 heteroatoms. The Kier molecular flexibility index (Phi) is 4.01.